The second-order valence-electron chi connectivity index (χ2n) is 6.14. The van der Waals surface area contributed by atoms with Crippen molar-refractivity contribution in [3.63, 3.8) is 0 Å². The number of carbonyl (C=O) groups is 3. The first-order valence-corrected chi connectivity index (χ1v) is 8.81. The fourth-order valence-corrected chi connectivity index (χ4v) is 2.65. The van der Waals surface area contributed by atoms with E-state index in [9.17, 15) is 9.18 Å². The van der Waals surface area contributed by atoms with Crippen LogP contribution < -0.4 is 14.8 Å². The van der Waals surface area contributed by atoms with Gasteiger partial charge in [-0.05, 0) is 42.9 Å². The molecule has 2 aromatic rings. The van der Waals surface area contributed by atoms with Crippen molar-refractivity contribution in [2.45, 2.75) is 6.54 Å². The van der Waals surface area contributed by atoms with Gasteiger partial charge < -0.3 is 25.0 Å². The van der Waals surface area contributed by atoms with Gasteiger partial charge in [0.2, 0.25) is 12.7 Å². The average Bonchev–Trinajstić information content (AvgIpc) is 3.12. The Labute approximate surface area is 175 Å². The Kier molecular flexibility index (Phi) is 7.96. The van der Waals surface area contributed by atoms with Gasteiger partial charge in [-0.2, -0.15) is 0 Å². The lowest BCUT2D eigenvalue weighted by Crippen LogP contribution is -2.29. The fourth-order valence-electron chi connectivity index (χ4n) is 2.43. The van der Waals surface area contributed by atoms with Crippen LogP contribution in [-0.4, -0.2) is 53.3 Å². The van der Waals surface area contributed by atoms with E-state index in [4.69, 9.17) is 40.9 Å². The normalized spacial score (nSPS) is 11.5. The maximum Gasteiger partial charge on any atom is 0.414 e. The number of hydrogen-bond acceptors (Lipinski definition) is 6. The zero-order chi connectivity index (χ0) is 22.3. The van der Waals surface area contributed by atoms with Gasteiger partial charge in [-0.15, -0.1) is 0 Å². The van der Waals surface area contributed by atoms with Crippen LogP contribution in [0.3, 0.4) is 0 Å². The number of anilines is 1. The SMILES string of the molecule is CN(CC(=O)Nc1ccc(F)cc1Cl)Cc1ccc2c(c1)OCO2.O=C(O)C(=O)O. The number of amides is 1. The van der Waals surface area contributed by atoms with Gasteiger partial charge in [0, 0.05) is 6.54 Å². The Morgan fingerprint density at radius 2 is 1.77 bits per heavy atom. The van der Waals surface area contributed by atoms with Crippen molar-refractivity contribution in [1.29, 1.82) is 0 Å². The van der Waals surface area contributed by atoms with Crippen molar-refractivity contribution < 1.29 is 38.5 Å². The minimum absolute atomic E-state index is 0.168. The van der Waals surface area contributed by atoms with Crippen LogP contribution in [-0.2, 0) is 20.9 Å². The van der Waals surface area contributed by atoms with Gasteiger partial charge >= 0.3 is 11.9 Å². The molecule has 3 N–H and O–H groups in total. The van der Waals surface area contributed by atoms with E-state index in [2.05, 4.69) is 5.32 Å². The second kappa shape index (κ2) is 10.4. The molecule has 1 heterocycles. The molecule has 30 heavy (non-hydrogen) atoms. The molecular weight excluding hydrogens is 423 g/mol. The van der Waals surface area contributed by atoms with E-state index < -0.39 is 17.8 Å². The van der Waals surface area contributed by atoms with Crippen LogP contribution in [0, 0.1) is 5.82 Å². The number of ether oxygens (including phenoxy) is 2. The molecule has 0 fully saturated rings. The summed E-state index contributed by atoms with van der Waals surface area (Å²) in [6.45, 7) is 0.971. The number of halogens is 2. The van der Waals surface area contributed by atoms with E-state index in [1.54, 1.807) is 0 Å². The van der Waals surface area contributed by atoms with Crippen molar-refractivity contribution in [2.75, 3.05) is 25.7 Å². The number of carbonyl (C=O) groups excluding carboxylic acids is 1. The van der Waals surface area contributed by atoms with Gasteiger partial charge in [-0.1, -0.05) is 17.7 Å². The number of hydrogen-bond donors (Lipinski definition) is 3. The summed E-state index contributed by atoms with van der Waals surface area (Å²) in [4.78, 5) is 32.1. The van der Waals surface area contributed by atoms with Crippen molar-refractivity contribution in [1.82, 2.24) is 4.90 Å². The van der Waals surface area contributed by atoms with Crippen molar-refractivity contribution in [2.24, 2.45) is 0 Å². The maximum atomic E-state index is 13.0. The highest BCUT2D eigenvalue weighted by Gasteiger charge is 2.15. The summed E-state index contributed by atoms with van der Waals surface area (Å²) >= 11 is 5.90. The number of carboxylic acid groups (broad SMARTS) is 2. The molecule has 1 amide bonds. The van der Waals surface area contributed by atoms with E-state index in [0.29, 0.717) is 18.0 Å². The van der Waals surface area contributed by atoms with Crippen LogP contribution in [0.2, 0.25) is 5.02 Å². The van der Waals surface area contributed by atoms with Gasteiger partial charge in [0.1, 0.15) is 5.82 Å². The quantitative estimate of drug-likeness (QED) is 0.605. The molecule has 0 atom stereocenters. The van der Waals surface area contributed by atoms with Crippen LogP contribution in [0.25, 0.3) is 0 Å². The van der Waals surface area contributed by atoms with Crippen LogP contribution in [0.4, 0.5) is 10.1 Å². The smallest absolute Gasteiger partial charge is 0.414 e. The first-order chi connectivity index (χ1) is 14.2. The topological polar surface area (TPSA) is 125 Å². The van der Waals surface area contributed by atoms with Gasteiger partial charge in [0.25, 0.3) is 0 Å². The Bertz CT molecular complexity index is 942. The van der Waals surface area contributed by atoms with E-state index in [1.807, 2.05) is 30.1 Å². The molecule has 2 aromatic carbocycles. The minimum atomic E-state index is -1.82. The summed E-state index contributed by atoms with van der Waals surface area (Å²) in [5, 5.41) is 17.6. The van der Waals surface area contributed by atoms with Gasteiger partial charge in [-0.3, -0.25) is 9.69 Å². The third-order valence-electron chi connectivity index (χ3n) is 3.69. The highest BCUT2D eigenvalue weighted by molar-refractivity contribution is 6.33. The average molecular weight is 441 g/mol. The molecule has 11 heteroatoms. The molecule has 0 saturated carbocycles. The summed E-state index contributed by atoms with van der Waals surface area (Å²) in [5.74, 6) is -2.89. The van der Waals surface area contributed by atoms with E-state index in [-0.39, 0.29) is 24.3 Å². The first-order valence-electron chi connectivity index (χ1n) is 8.44. The molecule has 0 bridgehead atoms. The first kappa shape index (κ1) is 22.9. The summed E-state index contributed by atoms with van der Waals surface area (Å²) < 4.78 is 23.6. The largest absolute Gasteiger partial charge is 0.473 e. The number of nitrogens with zero attached hydrogens (tertiary/aromatic N) is 1. The van der Waals surface area contributed by atoms with Crippen molar-refractivity contribution in [3.05, 3.63) is 52.8 Å². The fraction of sp³-hybridized carbons (Fsp3) is 0.211. The summed E-state index contributed by atoms with van der Waals surface area (Å²) in [6.07, 6.45) is 0. The Morgan fingerprint density at radius 3 is 2.40 bits per heavy atom. The molecule has 1 aliphatic heterocycles. The monoisotopic (exact) mass is 440 g/mol. The van der Waals surface area contributed by atoms with E-state index in [0.717, 1.165) is 17.4 Å². The predicted molar refractivity (Wildman–Crippen MR) is 104 cm³/mol. The number of likely N-dealkylation sites (N-methyl/N-ethyl adjacent to an activating group) is 1. The molecule has 1 aliphatic rings. The zero-order valence-electron chi connectivity index (χ0n) is 15.7. The van der Waals surface area contributed by atoms with Crippen molar-refractivity contribution in [3.8, 4) is 11.5 Å². The number of aliphatic carboxylic acids is 2. The third-order valence-corrected chi connectivity index (χ3v) is 4.00. The molecule has 160 valence electrons. The molecule has 3 rings (SSSR count). The number of carboxylic acids is 2. The lowest BCUT2D eigenvalue weighted by atomic mass is 10.2. The van der Waals surface area contributed by atoms with Crippen LogP contribution >= 0.6 is 11.6 Å². The van der Waals surface area contributed by atoms with E-state index in [1.165, 1.54) is 12.1 Å². The highest BCUT2D eigenvalue weighted by Crippen LogP contribution is 2.32. The number of rotatable bonds is 5. The molecule has 0 aromatic heterocycles. The molecule has 0 saturated heterocycles. The molecule has 0 spiro atoms. The van der Waals surface area contributed by atoms with Crippen LogP contribution in [0.5, 0.6) is 11.5 Å². The van der Waals surface area contributed by atoms with Gasteiger partial charge in [-0.25, -0.2) is 14.0 Å². The minimum Gasteiger partial charge on any atom is -0.473 e. The van der Waals surface area contributed by atoms with Crippen molar-refractivity contribution >= 4 is 35.1 Å². The van der Waals surface area contributed by atoms with Crippen LogP contribution in [0.15, 0.2) is 36.4 Å². The number of fused-ring (bicyclic) bond motifs is 1. The molecular formula is C19H18ClFN2O7. The predicted octanol–water partition coefficient (Wildman–Crippen LogP) is 2.43. The third kappa shape index (κ3) is 6.90. The van der Waals surface area contributed by atoms with E-state index >= 15 is 0 Å². The number of nitrogens with one attached hydrogen (secondary N) is 1. The molecule has 0 radical (unpaired) electrons. The summed E-state index contributed by atoms with van der Waals surface area (Å²) in [7, 11) is 1.83. The van der Waals surface area contributed by atoms with Gasteiger partial charge in [0.15, 0.2) is 11.5 Å². The lowest BCUT2D eigenvalue weighted by Gasteiger charge is -2.17. The van der Waals surface area contributed by atoms with Crippen LogP contribution in [0.1, 0.15) is 5.56 Å². The Morgan fingerprint density at radius 1 is 1.10 bits per heavy atom. The van der Waals surface area contributed by atoms with Gasteiger partial charge in [0.05, 0.1) is 17.3 Å². The standard InChI is InChI=1S/C17H16ClFN2O3.C2H2O4/c1-21(8-11-2-5-15-16(6-11)24-10-23-15)9-17(22)20-14-4-3-12(19)7-13(14)18;3-1(4)2(5)6/h2-7H,8-10H2,1H3,(H,20,22);(H,3,4)(H,5,6). The molecule has 9 nitrogen and oxygen atoms in total. The second-order valence-corrected chi connectivity index (χ2v) is 6.55. The lowest BCUT2D eigenvalue weighted by molar-refractivity contribution is -0.159. The Balaban J connectivity index is 0.000000469. The molecule has 0 unspecified atom stereocenters. The summed E-state index contributed by atoms with van der Waals surface area (Å²) in [5.41, 5.74) is 1.40. The maximum absolute atomic E-state index is 13.0. The number of benzene rings is 2. The molecule has 0 aliphatic carbocycles. The summed E-state index contributed by atoms with van der Waals surface area (Å²) in [6, 6.07) is 9.52. The Hall–Kier alpha value is -3.37. The zero-order valence-corrected chi connectivity index (χ0v) is 16.5. The highest BCUT2D eigenvalue weighted by atomic mass is 35.5.